The molecule has 0 radical (unpaired) electrons. The van der Waals surface area contributed by atoms with Crippen molar-refractivity contribution >= 4 is 21.6 Å². The van der Waals surface area contributed by atoms with Crippen LogP contribution in [-0.4, -0.2) is 6.61 Å². The van der Waals surface area contributed by atoms with Gasteiger partial charge >= 0.3 is 0 Å². The molecule has 0 heterocycles. The average Bonchev–Trinajstić information content (AvgIpc) is 2.32. The monoisotopic (exact) mass is 299 g/mol. The number of ether oxygens (including phenoxy) is 1. The van der Waals surface area contributed by atoms with E-state index in [9.17, 15) is 0 Å². The van der Waals surface area contributed by atoms with Gasteiger partial charge in [0.15, 0.2) is 0 Å². The van der Waals surface area contributed by atoms with Gasteiger partial charge in [0.25, 0.3) is 0 Å². The maximum absolute atomic E-state index is 5.80. The van der Waals surface area contributed by atoms with Gasteiger partial charge in [-0.1, -0.05) is 38.7 Å². The SMILES string of the molecule is CCCCCCCOCc1ccc(Br)c(N)c1. The number of hydrogen-bond acceptors (Lipinski definition) is 2. The van der Waals surface area contributed by atoms with Crippen LogP contribution in [0.15, 0.2) is 22.7 Å². The molecule has 0 aliphatic heterocycles. The predicted molar refractivity (Wildman–Crippen MR) is 77.0 cm³/mol. The molecule has 2 N–H and O–H groups in total. The lowest BCUT2D eigenvalue weighted by molar-refractivity contribution is 0.117. The third-order valence-electron chi connectivity index (χ3n) is 2.72. The van der Waals surface area contributed by atoms with Crippen LogP contribution < -0.4 is 5.73 Å². The summed E-state index contributed by atoms with van der Waals surface area (Å²) in [7, 11) is 0. The zero-order valence-electron chi connectivity index (χ0n) is 10.5. The van der Waals surface area contributed by atoms with Gasteiger partial charge in [-0.2, -0.15) is 0 Å². The summed E-state index contributed by atoms with van der Waals surface area (Å²) >= 11 is 3.38. The van der Waals surface area contributed by atoms with Gasteiger partial charge in [0, 0.05) is 16.8 Å². The van der Waals surface area contributed by atoms with E-state index in [1.165, 1.54) is 25.7 Å². The summed E-state index contributed by atoms with van der Waals surface area (Å²) in [6, 6.07) is 5.97. The molecule has 1 aromatic carbocycles. The Bertz CT molecular complexity index is 328. The van der Waals surface area contributed by atoms with E-state index in [4.69, 9.17) is 10.5 Å². The van der Waals surface area contributed by atoms with Crippen molar-refractivity contribution in [2.45, 2.75) is 45.6 Å². The highest BCUT2D eigenvalue weighted by Crippen LogP contribution is 2.20. The summed E-state index contributed by atoms with van der Waals surface area (Å²) in [5, 5.41) is 0. The fourth-order valence-electron chi connectivity index (χ4n) is 1.68. The molecule has 17 heavy (non-hydrogen) atoms. The van der Waals surface area contributed by atoms with E-state index < -0.39 is 0 Å². The van der Waals surface area contributed by atoms with Gasteiger partial charge in [-0.05, 0) is 40.0 Å². The van der Waals surface area contributed by atoms with Crippen LogP contribution >= 0.6 is 15.9 Å². The number of anilines is 1. The fourth-order valence-corrected chi connectivity index (χ4v) is 1.93. The smallest absolute Gasteiger partial charge is 0.0717 e. The van der Waals surface area contributed by atoms with Crippen LogP contribution in [0.4, 0.5) is 5.69 Å². The van der Waals surface area contributed by atoms with E-state index in [-0.39, 0.29) is 0 Å². The Morgan fingerprint density at radius 3 is 2.65 bits per heavy atom. The second kappa shape index (κ2) is 8.54. The van der Waals surface area contributed by atoms with Gasteiger partial charge in [-0.3, -0.25) is 0 Å². The Labute approximate surface area is 113 Å². The molecule has 1 aromatic rings. The highest BCUT2D eigenvalue weighted by Gasteiger charge is 1.98. The summed E-state index contributed by atoms with van der Waals surface area (Å²) in [4.78, 5) is 0. The van der Waals surface area contributed by atoms with Crippen molar-refractivity contribution in [3.05, 3.63) is 28.2 Å². The maximum atomic E-state index is 5.80. The fraction of sp³-hybridized carbons (Fsp3) is 0.571. The third kappa shape index (κ3) is 6.08. The van der Waals surface area contributed by atoms with E-state index in [1.54, 1.807) is 0 Å². The molecule has 0 aromatic heterocycles. The van der Waals surface area contributed by atoms with Gasteiger partial charge in [0.05, 0.1) is 6.61 Å². The number of hydrogen-bond donors (Lipinski definition) is 1. The molecule has 0 fully saturated rings. The second-order valence-corrected chi connectivity index (χ2v) is 5.18. The zero-order chi connectivity index (χ0) is 12.5. The number of nitrogens with two attached hydrogens (primary N) is 1. The highest BCUT2D eigenvalue weighted by atomic mass is 79.9. The van der Waals surface area contributed by atoms with E-state index in [1.807, 2.05) is 18.2 Å². The van der Waals surface area contributed by atoms with Gasteiger partial charge < -0.3 is 10.5 Å². The average molecular weight is 300 g/mol. The van der Waals surface area contributed by atoms with Crippen LogP contribution in [0.2, 0.25) is 0 Å². The van der Waals surface area contributed by atoms with Crippen LogP contribution in [0.25, 0.3) is 0 Å². The van der Waals surface area contributed by atoms with Crippen LogP contribution in [0, 0.1) is 0 Å². The number of nitrogen functional groups attached to an aromatic ring is 1. The molecule has 3 heteroatoms. The minimum Gasteiger partial charge on any atom is -0.398 e. The summed E-state index contributed by atoms with van der Waals surface area (Å²) in [5.74, 6) is 0. The highest BCUT2D eigenvalue weighted by molar-refractivity contribution is 9.10. The van der Waals surface area contributed by atoms with E-state index in [0.717, 1.165) is 28.8 Å². The molecular formula is C14H22BrNO. The number of rotatable bonds is 8. The Hall–Kier alpha value is -0.540. The minimum absolute atomic E-state index is 0.658. The summed E-state index contributed by atoms with van der Waals surface area (Å²) < 4.78 is 6.57. The van der Waals surface area contributed by atoms with Gasteiger partial charge in [0.1, 0.15) is 0 Å². The molecule has 0 atom stereocenters. The van der Waals surface area contributed by atoms with E-state index in [0.29, 0.717) is 6.61 Å². The first-order valence-corrected chi connectivity index (χ1v) is 7.15. The standard InChI is InChI=1S/C14H22BrNO/c1-2-3-4-5-6-9-17-11-12-7-8-13(15)14(16)10-12/h7-8,10H,2-6,9,11,16H2,1H3. The topological polar surface area (TPSA) is 35.2 Å². The molecule has 0 saturated heterocycles. The van der Waals surface area contributed by atoms with Crippen molar-refractivity contribution in [3.63, 3.8) is 0 Å². The minimum atomic E-state index is 0.658. The Kier molecular flexibility index (Phi) is 7.29. The van der Waals surface area contributed by atoms with Crippen molar-refractivity contribution in [2.24, 2.45) is 0 Å². The molecule has 0 bridgehead atoms. The Morgan fingerprint density at radius 1 is 1.18 bits per heavy atom. The lowest BCUT2D eigenvalue weighted by Crippen LogP contribution is -1.97. The van der Waals surface area contributed by atoms with Gasteiger partial charge in [-0.25, -0.2) is 0 Å². The Morgan fingerprint density at radius 2 is 1.94 bits per heavy atom. The first kappa shape index (κ1) is 14.5. The molecule has 1 rings (SSSR count). The summed E-state index contributed by atoms with van der Waals surface area (Å²) in [6.07, 6.45) is 6.38. The molecule has 0 aliphatic carbocycles. The van der Waals surface area contributed by atoms with Crippen LogP contribution in [-0.2, 0) is 11.3 Å². The third-order valence-corrected chi connectivity index (χ3v) is 3.44. The second-order valence-electron chi connectivity index (χ2n) is 4.32. The van der Waals surface area contributed by atoms with Crippen LogP contribution in [0.5, 0.6) is 0 Å². The van der Waals surface area contributed by atoms with E-state index in [2.05, 4.69) is 22.9 Å². The zero-order valence-corrected chi connectivity index (χ0v) is 12.1. The van der Waals surface area contributed by atoms with Crippen LogP contribution in [0.1, 0.15) is 44.6 Å². The van der Waals surface area contributed by atoms with Crippen molar-refractivity contribution in [2.75, 3.05) is 12.3 Å². The molecule has 2 nitrogen and oxygen atoms in total. The molecule has 0 aliphatic rings. The largest absolute Gasteiger partial charge is 0.398 e. The lowest BCUT2D eigenvalue weighted by Gasteiger charge is -2.06. The molecule has 0 saturated carbocycles. The summed E-state index contributed by atoms with van der Waals surface area (Å²) in [6.45, 7) is 3.74. The van der Waals surface area contributed by atoms with Crippen molar-refractivity contribution < 1.29 is 4.74 Å². The molecule has 0 unspecified atom stereocenters. The summed E-state index contributed by atoms with van der Waals surface area (Å²) in [5.41, 5.74) is 7.71. The van der Waals surface area contributed by atoms with Gasteiger partial charge in [0.2, 0.25) is 0 Å². The van der Waals surface area contributed by atoms with Crippen molar-refractivity contribution in [3.8, 4) is 0 Å². The van der Waals surface area contributed by atoms with Crippen LogP contribution in [0.3, 0.4) is 0 Å². The predicted octanol–water partition coefficient (Wildman–Crippen LogP) is 4.52. The molecular weight excluding hydrogens is 278 g/mol. The van der Waals surface area contributed by atoms with E-state index >= 15 is 0 Å². The van der Waals surface area contributed by atoms with Crippen molar-refractivity contribution in [1.82, 2.24) is 0 Å². The number of unbranched alkanes of at least 4 members (excludes halogenated alkanes) is 4. The number of halogens is 1. The molecule has 0 spiro atoms. The quantitative estimate of drug-likeness (QED) is 0.566. The normalized spacial score (nSPS) is 10.7. The first-order valence-electron chi connectivity index (χ1n) is 6.35. The first-order chi connectivity index (χ1) is 8.24. The Balaban J connectivity index is 2.11. The van der Waals surface area contributed by atoms with Crippen molar-refractivity contribution in [1.29, 1.82) is 0 Å². The molecule has 0 amide bonds. The lowest BCUT2D eigenvalue weighted by atomic mass is 10.2. The number of benzene rings is 1. The van der Waals surface area contributed by atoms with Gasteiger partial charge in [-0.15, -0.1) is 0 Å². The molecule has 96 valence electrons. The maximum Gasteiger partial charge on any atom is 0.0717 e.